The number of thiazole rings is 1. The topological polar surface area (TPSA) is 97.8 Å². The minimum absolute atomic E-state index is 0.0732. The number of aromatic nitrogens is 1. The van der Waals surface area contributed by atoms with E-state index in [1.54, 1.807) is 54.5 Å². The Hall–Kier alpha value is -3.47. The number of hydrogen-bond acceptors (Lipinski definition) is 7. The average molecular weight is 538 g/mol. The SMILES string of the molecule is COc1ccc(C)c2sc(N(CC3CCCO3)C(=O)c3ccc(NS(=O)(=O)c4ccccc4)cc3)nc12. The number of ether oxygens (including phenoxy) is 2. The van der Waals surface area contributed by atoms with Gasteiger partial charge in [0, 0.05) is 17.9 Å². The molecule has 0 bridgehead atoms. The highest BCUT2D eigenvalue weighted by Gasteiger charge is 2.28. The summed E-state index contributed by atoms with van der Waals surface area (Å²) in [6.45, 7) is 3.06. The van der Waals surface area contributed by atoms with Gasteiger partial charge in [0.1, 0.15) is 11.3 Å². The highest BCUT2D eigenvalue weighted by atomic mass is 32.2. The third-order valence-corrected chi connectivity index (χ3v) is 8.85. The smallest absolute Gasteiger partial charge is 0.261 e. The molecule has 2 heterocycles. The van der Waals surface area contributed by atoms with Crippen LogP contribution >= 0.6 is 11.3 Å². The van der Waals surface area contributed by atoms with Crippen LogP contribution in [0.2, 0.25) is 0 Å². The molecule has 1 aromatic heterocycles. The van der Waals surface area contributed by atoms with E-state index in [0.29, 0.717) is 35.3 Å². The van der Waals surface area contributed by atoms with Gasteiger partial charge in [0.05, 0.1) is 29.4 Å². The molecule has 1 aliphatic heterocycles. The summed E-state index contributed by atoms with van der Waals surface area (Å²) in [6, 6.07) is 18.4. The first-order valence-electron chi connectivity index (χ1n) is 11.9. The highest BCUT2D eigenvalue weighted by molar-refractivity contribution is 7.92. The van der Waals surface area contributed by atoms with E-state index >= 15 is 0 Å². The summed E-state index contributed by atoms with van der Waals surface area (Å²) in [5, 5.41) is 0.567. The summed E-state index contributed by atoms with van der Waals surface area (Å²) in [5.41, 5.74) is 2.56. The number of fused-ring (bicyclic) bond motifs is 1. The second-order valence-electron chi connectivity index (χ2n) is 8.81. The van der Waals surface area contributed by atoms with Gasteiger partial charge >= 0.3 is 0 Å². The fraction of sp³-hybridized carbons (Fsp3) is 0.259. The van der Waals surface area contributed by atoms with Crippen molar-refractivity contribution in [2.75, 3.05) is 29.9 Å². The molecule has 37 heavy (non-hydrogen) atoms. The molecule has 5 rings (SSSR count). The van der Waals surface area contributed by atoms with Crippen LogP contribution in [-0.4, -0.2) is 45.7 Å². The number of sulfonamides is 1. The first-order valence-corrected chi connectivity index (χ1v) is 14.2. The van der Waals surface area contributed by atoms with Gasteiger partial charge in [0.2, 0.25) is 0 Å². The molecule has 0 spiro atoms. The fourth-order valence-electron chi connectivity index (χ4n) is 4.27. The Morgan fingerprint density at radius 2 is 1.89 bits per heavy atom. The first-order chi connectivity index (χ1) is 17.9. The molecule has 3 aromatic carbocycles. The average Bonchev–Trinajstić information content (AvgIpc) is 3.59. The number of amides is 1. The van der Waals surface area contributed by atoms with Gasteiger partial charge in [-0.3, -0.25) is 14.4 Å². The van der Waals surface area contributed by atoms with Crippen molar-refractivity contribution < 1.29 is 22.7 Å². The molecule has 1 N–H and O–H groups in total. The Morgan fingerprint density at radius 3 is 2.57 bits per heavy atom. The number of carbonyl (C=O) groups is 1. The zero-order valence-electron chi connectivity index (χ0n) is 20.5. The Balaban J connectivity index is 1.44. The lowest BCUT2D eigenvalue weighted by Crippen LogP contribution is -2.37. The van der Waals surface area contributed by atoms with Crippen LogP contribution in [0.3, 0.4) is 0 Å². The lowest BCUT2D eigenvalue weighted by Gasteiger charge is -2.23. The van der Waals surface area contributed by atoms with E-state index in [9.17, 15) is 13.2 Å². The first kappa shape index (κ1) is 25.2. The predicted octanol–water partition coefficient (Wildman–Crippen LogP) is 5.24. The van der Waals surface area contributed by atoms with Gasteiger partial charge in [-0.05, 0) is 67.8 Å². The summed E-state index contributed by atoms with van der Waals surface area (Å²) in [6.07, 6.45) is 1.75. The number of methoxy groups -OCH3 is 1. The second kappa shape index (κ2) is 10.5. The van der Waals surface area contributed by atoms with Crippen LogP contribution in [0.1, 0.15) is 28.8 Å². The number of rotatable bonds is 8. The van der Waals surface area contributed by atoms with E-state index < -0.39 is 10.0 Å². The fourth-order valence-corrected chi connectivity index (χ4v) is 6.41. The van der Waals surface area contributed by atoms with Gasteiger partial charge in [0.25, 0.3) is 15.9 Å². The van der Waals surface area contributed by atoms with Crippen LogP contribution in [-0.2, 0) is 14.8 Å². The molecule has 1 aliphatic rings. The minimum atomic E-state index is -3.73. The number of benzene rings is 3. The zero-order valence-corrected chi connectivity index (χ0v) is 22.1. The van der Waals surface area contributed by atoms with E-state index in [0.717, 1.165) is 28.6 Å². The molecule has 4 aromatic rings. The number of nitrogens with zero attached hydrogens (tertiary/aromatic N) is 2. The molecule has 1 unspecified atom stereocenters. The molecule has 1 saturated heterocycles. The van der Waals surface area contributed by atoms with Crippen molar-refractivity contribution in [1.82, 2.24) is 4.98 Å². The third kappa shape index (κ3) is 5.31. The molecular weight excluding hydrogens is 510 g/mol. The summed E-state index contributed by atoms with van der Waals surface area (Å²) in [4.78, 5) is 20.3. The number of hydrogen-bond donors (Lipinski definition) is 1. The number of aryl methyl sites for hydroxylation is 1. The van der Waals surface area contributed by atoms with E-state index in [2.05, 4.69) is 4.72 Å². The molecule has 192 valence electrons. The van der Waals surface area contributed by atoms with Crippen LogP contribution in [0.5, 0.6) is 5.75 Å². The van der Waals surface area contributed by atoms with Crippen molar-refractivity contribution in [1.29, 1.82) is 0 Å². The summed E-state index contributed by atoms with van der Waals surface area (Å²) < 4.78 is 40.2. The van der Waals surface area contributed by atoms with Gasteiger partial charge in [-0.15, -0.1) is 0 Å². The highest BCUT2D eigenvalue weighted by Crippen LogP contribution is 2.37. The van der Waals surface area contributed by atoms with Crippen molar-refractivity contribution in [2.24, 2.45) is 0 Å². The number of anilines is 2. The third-order valence-electron chi connectivity index (χ3n) is 6.24. The molecule has 0 aliphatic carbocycles. The molecular formula is C27H27N3O5S2. The lowest BCUT2D eigenvalue weighted by molar-refractivity contribution is 0.0917. The van der Waals surface area contributed by atoms with Gasteiger partial charge in [-0.1, -0.05) is 35.6 Å². The van der Waals surface area contributed by atoms with Crippen molar-refractivity contribution >= 4 is 48.3 Å². The number of carbonyl (C=O) groups excluding carboxylic acids is 1. The van der Waals surface area contributed by atoms with E-state index in [1.165, 1.54) is 23.5 Å². The van der Waals surface area contributed by atoms with E-state index in [1.807, 2.05) is 19.1 Å². The lowest BCUT2D eigenvalue weighted by atomic mass is 10.1. The second-order valence-corrected chi connectivity index (χ2v) is 11.5. The van der Waals surface area contributed by atoms with Gasteiger partial charge in [-0.2, -0.15) is 0 Å². The standard InChI is InChI=1S/C27H27N3O5S2/c1-18-10-15-23(34-2)24-25(18)36-27(28-24)30(17-21-7-6-16-35-21)26(31)19-11-13-20(14-12-19)29-37(32,33)22-8-4-3-5-9-22/h3-5,8-15,21,29H,6-7,16-17H2,1-2H3. The van der Waals surface area contributed by atoms with E-state index in [4.69, 9.17) is 14.5 Å². The molecule has 1 atom stereocenters. The molecule has 0 radical (unpaired) electrons. The number of nitrogens with one attached hydrogen (secondary N) is 1. The summed E-state index contributed by atoms with van der Waals surface area (Å²) >= 11 is 1.44. The molecule has 10 heteroatoms. The van der Waals surface area contributed by atoms with Crippen LogP contribution in [0.25, 0.3) is 10.2 Å². The Bertz CT molecular complexity index is 1510. The molecule has 1 fully saturated rings. The van der Waals surface area contributed by atoms with Gasteiger partial charge in [-0.25, -0.2) is 13.4 Å². The quantitative estimate of drug-likeness (QED) is 0.330. The molecule has 8 nitrogen and oxygen atoms in total. The van der Waals surface area contributed by atoms with Crippen molar-refractivity contribution in [2.45, 2.75) is 30.8 Å². The van der Waals surface area contributed by atoms with Gasteiger partial charge < -0.3 is 9.47 Å². The Kier molecular flexibility index (Phi) is 7.14. The zero-order chi connectivity index (χ0) is 26.0. The van der Waals surface area contributed by atoms with Crippen LogP contribution in [0.15, 0.2) is 71.6 Å². The molecule has 0 saturated carbocycles. The maximum absolute atomic E-state index is 13.7. The van der Waals surface area contributed by atoms with E-state index in [-0.39, 0.29) is 16.9 Å². The molecule has 1 amide bonds. The largest absolute Gasteiger partial charge is 0.494 e. The predicted molar refractivity (Wildman–Crippen MR) is 145 cm³/mol. The minimum Gasteiger partial charge on any atom is -0.494 e. The summed E-state index contributed by atoms with van der Waals surface area (Å²) in [7, 11) is -2.13. The van der Waals surface area contributed by atoms with Crippen molar-refractivity contribution in [3.05, 3.63) is 77.9 Å². The van der Waals surface area contributed by atoms with Crippen LogP contribution < -0.4 is 14.4 Å². The Labute approximate surface area is 219 Å². The Morgan fingerprint density at radius 1 is 1.14 bits per heavy atom. The van der Waals surface area contributed by atoms with Crippen molar-refractivity contribution in [3.63, 3.8) is 0 Å². The maximum Gasteiger partial charge on any atom is 0.261 e. The normalized spacial score (nSPS) is 15.6. The van der Waals surface area contributed by atoms with Crippen molar-refractivity contribution in [3.8, 4) is 5.75 Å². The van der Waals surface area contributed by atoms with Gasteiger partial charge in [0.15, 0.2) is 5.13 Å². The van der Waals surface area contributed by atoms with Crippen LogP contribution in [0, 0.1) is 6.92 Å². The monoisotopic (exact) mass is 537 g/mol. The van der Waals surface area contributed by atoms with Crippen LogP contribution in [0.4, 0.5) is 10.8 Å². The maximum atomic E-state index is 13.7. The summed E-state index contributed by atoms with van der Waals surface area (Å²) in [5.74, 6) is 0.423.